The summed E-state index contributed by atoms with van der Waals surface area (Å²) in [4.78, 5) is 11.9. The molecule has 2 atom stereocenters. The van der Waals surface area contributed by atoms with Crippen molar-refractivity contribution >= 4 is 21.8 Å². The van der Waals surface area contributed by atoms with E-state index < -0.39 is 0 Å². The molecule has 0 aliphatic carbocycles. The normalized spacial score (nSPS) is 28.1. The third-order valence-electron chi connectivity index (χ3n) is 4.02. The summed E-state index contributed by atoms with van der Waals surface area (Å²) in [5, 5.41) is 6.66. The van der Waals surface area contributed by atoms with Gasteiger partial charge in [0.25, 0.3) is 5.91 Å². The molecule has 2 bridgehead atoms. The molecule has 0 radical (unpaired) electrons. The molecule has 2 fully saturated rings. The molecule has 2 heterocycles. The first-order chi connectivity index (χ1) is 9.69. The van der Waals surface area contributed by atoms with Gasteiger partial charge in [0.2, 0.25) is 0 Å². The lowest BCUT2D eigenvalue weighted by Gasteiger charge is -2.29. The maximum atomic E-state index is 11.9. The molecule has 0 saturated carbocycles. The van der Waals surface area contributed by atoms with E-state index in [-0.39, 0.29) is 12.5 Å². The number of rotatable bonds is 4. The van der Waals surface area contributed by atoms with Gasteiger partial charge in [-0.05, 0) is 49.9 Å². The van der Waals surface area contributed by atoms with Crippen LogP contribution in [0.5, 0.6) is 5.75 Å². The molecular weight excluding hydrogens is 320 g/mol. The first-order valence-electron chi connectivity index (χ1n) is 7.13. The summed E-state index contributed by atoms with van der Waals surface area (Å²) in [6.45, 7) is 0.0842. The molecule has 1 aromatic carbocycles. The van der Waals surface area contributed by atoms with Crippen molar-refractivity contribution in [3.8, 4) is 5.75 Å². The summed E-state index contributed by atoms with van der Waals surface area (Å²) in [5.74, 6) is 0.688. The Hall–Kier alpha value is -1.07. The van der Waals surface area contributed by atoms with E-state index in [4.69, 9.17) is 4.74 Å². The number of amides is 1. The number of hydrogen-bond acceptors (Lipinski definition) is 3. The molecule has 1 amide bonds. The maximum Gasteiger partial charge on any atom is 0.258 e. The Morgan fingerprint density at radius 2 is 1.90 bits per heavy atom. The predicted molar refractivity (Wildman–Crippen MR) is 80.7 cm³/mol. The van der Waals surface area contributed by atoms with E-state index in [0.717, 1.165) is 17.3 Å². The molecule has 2 unspecified atom stereocenters. The quantitative estimate of drug-likeness (QED) is 0.885. The van der Waals surface area contributed by atoms with Crippen molar-refractivity contribution in [3.63, 3.8) is 0 Å². The van der Waals surface area contributed by atoms with Crippen LogP contribution in [-0.2, 0) is 4.79 Å². The smallest absolute Gasteiger partial charge is 0.258 e. The van der Waals surface area contributed by atoms with Gasteiger partial charge in [-0.1, -0.05) is 15.9 Å². The lowest BCUT2D eigenvalue weighted by Crippen LogP contribution is -2.48. The van der Waals surface area contributed by atoms with Crippen LogP contribution in [0, 0.1) is 0 Å². The van der Waals surface area contributed by atoms with Crippen LogP contribution in [0.25, 0.3) is 0 Å². The topological polar surface area (TPSA) is 50.4 Å². The SMILES string of the molecule is O=C(COc1ccc(Br)cc1)NC1CC2CCC(C1)N2. The van der Waals surface area contributed by atoms with Gasteiger partial charge in [0, 0.05) is 22.6 Å². The molecule has 5 heteroatoms. The van der Waals surface area contributed by atoms with Gasteiger partial charge in [-0.2, -0.15) is 0 Å². The standard InChI is InChI=1S/C15H19BrN2O2/c16-10-1-5-14(6-2-10)20-9-15(19)18-13-7-11-3-4-12(8-13)17-11/h1-2,5-6,11-13,17H,3-4,7-9H2,(H,18,19). The molecule has 0 spiro atoms. The number of piperidine rings is 1. The fraction of sp³-hybridized carbons (Fsp3) is 0.533. The highest BCUT2D eigenvalue weighted by Crippen LogP contribution is 2.26. The van der Waals surface area contributed by atoms with Crippen LogP contribution in [0.2, 0.25) is 0 Å². The fourth-order valence-corrected chi connectivity index (χ4v) is 3.39. The van der Waals surface area contributed by atoms with Crippen LogP contribution in [-0.4, -0.2) is 30.6 Å². The van der Waals surface area contributed by atoms with Crippen LogP contribution in [0.4, 0.5) is 0 Å². The van der Waals surface area contributed by atoms with Crippen molar-refractivity contribution < 1.29 is 9.53 Å². The van der Waals surface area contributed by atoms with E-state index in [0.29, 0.717) is 23.9 Å². The number of nitrogens with one attached hydrogen (secondary N) is 2. The molecule has 20 heavy (non-hydrogen) atoms. The molecule has 2 saturated heterocycles. The molecule has 0 aromatic heterocycles. The molecule has 1 aromatic rings. The van der Waals surface area contributed by atoms with Crippen molar-refractivity contribution in [1.29, 1.82) is 0 Å². The first-order valence-corrected chi connectivity index (χ1v) is 7.92. The van der Waals surface area contributed by atoms with E-state index in [2.05, 4.69) is 26.6 Å². The summed E-state index contributed by atoms with van der Waals surface area (Å²) >= 11 is 3.37. The molecule has 108 valence electrons. The highest BCUT2D eigenvalue weighted by molar-refractivity contribution is 9.10. The minimum Gasteiger partial charge on any atom is -0.484 e. The zero-order valence-corrected chi connectivity index (χ0v) is 12.9. The molecular formula is C15H19BrN2O2. The van der Waals surface area contributed by atoms with Gasteiger partial charge >= 0.3 is 0 Å². The number of carbonyl (C=O) groups excluding carboxylic acids is 1. The Bertz CT molecular complexity index is 465. The van der Waals surface area contributed by atoms with E-state index in [1.165, 1.54) is 12.8 Å². The highest BCUT2D eigenvalue weighted by atomic mass is 79.9. The van der Waals surface area contributed by atoms with Crippen molar-refractivity contribution in [2.45, 2.75) is 43.8 Å². The van der Waals surface area contributed by atoms with Crippen LogP contribution >= 0.6 is 15.9 Å². The number of halogens is 1. The summed E-state index contributed by atoms with van der Waals surface area (Å²) in [6, 6.07) is 8.98. The van der Waals surface area contributed by atoms with E-state index in [1.54, 1.807) is 0 Å². The predicted octanol–water partition coefficient (Wildman–Crippen LogP) is 2.23. The van der Waals surface area contributed by atoms with Gasteiger partial charge in [0.05, 0.1) is 0 Å². The molecule has 3 rings (SSSR count). The zero-order valence-electron chi connectivity index (χ0n) is 11.3. The molecule has 2 N–H and O–H groups in total. The Morgan fingerprint density at radius 3 is 2.55 bits per heavy atom. The Balaban J connectivity index is 1.44. The molecule has 4 nitrogen and oxygen atoms in total. The van der Waals surface area contributed by atoms with Crippen molar-refractivity contribution in [1.82, 2.24) is 10.6 Å². The van der Waals surface area contributed by atoms with Crippen LogP contribution < -0.4 is 15.4 Å². The van der Waals surface area contributed by atoms with Gasteiger partial charge in [-0.25, -0.2) is 0 Å². The zero-order chi connectivity index (χ0) is 13.9. The molecule has 2 aliphatic rings. The Labute approximate surface area is 127 Å². The number of carbonyl (C=O) groups is 1. The summed E-state index contributed by atoms with van der Waals surface area (Å²) < 4.78 is 6.48. The van der Waals surface area contributed by atoms with Gasteiger partial charge in [-0.3, -0.25) is 4.79 Å². The van der Waals surface area contributed by atoms with Crippen LogP contribution in [0.3, 0.4) is 0 Å². The monoisotopic (exact) mass is 338 g/mol. The van der Waals surface area contributed by atoms with E-state index >= 15 is 0 Å². The Kier molecular flexibility index (Phi) is 4.27. The van der Waals surface area contributed by atoms with E-state index in [1.807, 2.05) is 24.3 Å². The Morgan fingerprint density at radius 1 is 1.25 bits per heavy atom. The maximum absolute atomic E-state index is 11.9. The van der Waals surface area contributed by atoms with Gasteiger partial charge in [-0.15, -0.1) is 0 Å². The van der Waals surface area contributed by atoms with Crippen LogP contribution in [0.1, 0.15) is 25.7 Å². The third-order valence-corrected chi connectivity index (χ3v) is 4.55. The fourth-order valence-electron chi connectivity index (χ4n) is 3.12. The van der Waals surface area contributed by atoms with Gasteiger partial charge < -0.3 is 15.4 Å². The largest absolute Gasteiger partial charge is 0.484 e. The number of fused-ring (bicyclic) bond motifs is 2. The lowest BCUT2D eigenvalue weighted by atomic mass is 10.00. The van der Waals surface area contributed by atoms with Crippen molar-refractivity contribution in [2.24, 2.45) is 0 Å². The second-order valence-electron chi connectivity index (χ2n) is 5.62. The third kappa shape index (κ3) is 3.52. The highest BCUT2D eigenvalue weighted by Gasteiger charge is 2.33. The second-order valence-corrected chi connectivity index (χ2v) is 6.53. The average Bonchev–Trinajstić information content (AvgIpc) is 2.77. The first kappa shape index (κ1) is 13.9. The van der Waals surface area contributed by atoms with Crippen molar-refractivity contribution in [3.05, 3.63) is 28.7 Å². The minimum atomic E-state index is -0.0285. The second kappa shape index (κ2) is 6.14. The summed E-state index contributed by atoms with van der Waals surface area (Å²) in [7, 11) is 0. The van der Waals surface area contributed by atoms with Gasteiger partial charge in [0.15, 0.2) is 6.61 Å². The molecule has 2 aliphatic heterocycles. The minimum absolute atomic E-state index is 0.0285. The summed E-state index contributed by atoms with van der Waals surface area (Å²) in [6.07, 6.45) is 4.57. The summed E-state index contributed by atoms with van der Waals surface area (Å²) in [5.41, 5.74) is 0. The number of benzene rings is 1. The van der Waals surface area contributed by atoms with E-state index in [9.17, 15) is 4.79 Å². The van der Waals surface area contributed by atoms with Crippen molar-refractivity contribution in [2.75, 3.05) is 6.61 Å². The van der Waals surface area contributed by atoms with Crippen LogP contribution in [0.15, 0.2) is 28.7 Å². The van der Waals surface area contributed by atoms with Gasteiger partial charge in [0.1, 0.15) is 5.75 Å². The number of hydrogen-bond donors (Lipinski definition) is 2. The number of ether oxygens (including phenoxy) is 1. The lowest BCUT2D eigenvalue weighted by molar-refractivity contribution is -0.124. The average molecular weight is 339 g/mol.